The molecular weight excluding hydrogens is 458 g/mol. The molecule has 2 aromatic rings. The molecule has 7 nitrogen and oxygen atoms in total. The van der Waals surface area contributed by atoms with Crippen molar-refractivity contribution in [2.45, 2.75) is 50.0 Å². The third-order valence-electron chi connectivity index (χ3n) is 6.61. The van der Waals surface area contributed by atoms with Crippen LogP contribution in [0.1, 0.15) is 49.1 Å². The van der Waals surface area contributed by atoms with Crippen LogP contribution in [0.25, 0.3) is 11.1 Å². The highest BCUT2D eigenvalue weighted by Crippen LogP contribution is 2.44. The second-order valence-electron chi connectivity index (χ2n) is 8.99. The zero-order valence-corrected chi connectivity index (χ0v) is 19.2. The van der Waals surface area contributed by atoms with E-state index in [4.69, 9.17) is 9.84 Å². The second kappa shape index (κ2) is 10.4. The number of rotatable bonds is 7. The van der Waals surface area contributed by atoms with E-state index >= 15 is 0 Å². The number of hydrogen-bond donors (Lipinski definition) is 2. The topological polar surface area (TPSA) is 95.9 Å². The Morgan fingerprint density at radius 3 is 2.29 bits per heavy atom. The Balaban J connectivity index is 1.42. The average molecular weight is 487 g/mol. The molecule has 0 aromatic heterocycles. The number of alkyl halides is 2. The van der Waals surface area contributed by atoms with Crippen molar-refractivity contribution >= 4 is 18.0 Å². The maximum absolute atomic E-state index is 13.7. The number of carboxylic acid groups (broad SMARTS) is 1. The largest absolute Gasteiger partial charge is 0.481 e. The van der Waals surface area contributed by atoms with Crippen LogP contribution in [0.2, 0.25) is 0 Å². The molecule has 0 radical (unpaired) electrons. The van der Waals surface area contributed by atoms with Crippen molar-refractivity contribution in [3.8, 4) is 11.1 Å². The van der Waals surface area contributed by atoms with E-state index in [1.54, 1.807) is 0 Å². The van der Waals surface area contributed by atoms with Crippen molar-refractivity contribution < 1.29 is 33.0 Å². The Hall–Kier alpha value is -3.49. The summed E-state index contributed by atoms with van der Waals surface area (Å²) in [7, 11) is 0. The second-order valence-corrected chi connectivity index (χ2v) is 8.99. The summed E-state index contributed by atoms with van der Waals surface area (Å²) in [6, 6.07) is 14.6. The van der Waals surface area contributed by atoms with Gasteiger partial charge >= 0.3 is 12.1 Å². The first-order valence-corrected chi connectivity index (χ1v) is 11.7. The summed E-state index contributed by atoms with van der Waals surface area (Å²) in [5.41, 5.74) is 4.21. The molecule has 1 heterocycles. The molecule has 9 heteroatoms. The molecule has 0 saturated carbocycles. The summed E-state index contributed by atoms with van der Waals surface area (Å²) in [5.74, 6) is -4.71. The van der Waals surface area contributed by atoms with Crippen LogP contribution in [-0.4, -0.2) is 59.6 Å². The summed E-state index contributed by atoms with van der Waals surface area (Å²) in [4.78, 5) is 38.1. The smallest absolute Gasteiger partial charge is 0.407 e. The van der Waals surface area contributed by atoms with E-state index in [2.05, 4.69) is 5.32 Å². The number of carboxylic acids is 1. The van der Waals surface area contributed by atoms with E-state index in [-0.39, 0.29) is 51.3 Å². The zero-order valence-electron chi connectivity index (χ0n) is 19.2. The zero-order chi connectivity index (χ0) is 25.0. The molecular formula is C26H28F2N2O5. The van der Waals surface area contributed by atoms with E-state index in [1.165, 1.54) is 4.90 Å². The fourth-order valence-electron chi connectivity index (χ4n) is 4.81. The van der Waals surface area contributed by atoms with Crippen molar-refractivity contribution in [2.24, 2.45) is 0 Å². The minimum Gasteiger partial charge on any atom is -0.481 e. The molecule has 0 bridgehead atoms. The summed E-state index contributed by atoms with van der Waals surface area (Å²) in [6.07, 6.45) is -2.01. The molecule has 1 atom stereocenters. The number of nitrogens with zero attached hydrogens (tertiary/aromatic N) is 1. The minimum atomic E-state index is -2.84. The van der Waals surface area contributed by atoms with Gasteiger partial charge in [-0.15, -0.1) is 0 Å². The lowest BCUT2D eigenvalue weighted by atomic mass is 9.98. The van der Waals surface area contributed by atoms with Gasteiger partial charge in [0.2, 0.25) is 11.8 Å². The molecule has 2 N–H and O–H groups in total. The van der Waals surface area contributed by atoms with Crippen LogP contribution in [0.4, 0.5) is 13.6 Å². The quantitative estimate of drug-likeness (QED) is 0.605. The maximum Gasteiger partial charge on any atom is 0.407 e. The molecule has 1 unspecified atom stereocenters. The van der Waals surface area contributed by atoms with E-state index in [9.17, 15) is 23.2 Å². The summed E-state index contributed by atoms with van der Waals surface area (Å²) >= 11 is 0. The Morgan fingerprint density at radius 2 is 1.66 bits per heavy atom. The molecule has 35 heavy (non-hydrogen) atoms. The van der Waals surface area contributed by atoms with Gasteiger partial charge in [-0.3, -0.25) is 9.59 Å². The van der Waals surface area contributed by atoms with Gasteiger partial charge in [-0.05, 0) is 35.1 Å². The summed E-state index contributed by atoms with van der Waals surface area (Å²) in [6.45, 7) is 0.0157. The number of amides is 2. The van der Waals surface area contributed by atoms with Gasteiger partial charge < -0.3 is 20.1 Å². The third kappa shape index (κ3) is 5.78. The first kappa shape index (κ1) is 24.6. The van der Waals surface area contributed by atoms with E-state index in [0.29, 0.717) is 0 Å². The molecule has 1 aliphatic heterocycles. The molecule has 1 aliphatic carbocycles. The van der Waals surface area contributed by atoms with Gasteiger partial charge in [-0.2, -0.15) is 0 Å². The fraction of sp³-hybridized carbons (Fsp3) is 0.423. The highest BCUT2D eigenvalue weighted by molar-refractivity contribution is 5.86. The number of fused-ring (bicyclic) bond motifs is 3. The monoisotopic (exact) mass is 486 g/mol. The first-order chi connectivity index (χ1) is 16.7. The van der Waals surface area contributed by atoms with Crippen molar-refractivity contribution in [1.29, 1.82) is 0 Å². The summed E-state index contributed by atoms with van der Waals surface area (Å²) < 4.78 is 32.9. The molecule has 4 rings (SSSR count). The molecule has 2 amide bonds. The summed E-state index contributed by atoms with van der Waals surface area (Å²) in [5, 5.41) is 11.5. The molecule has 0 spiro atoms. The Labute approximate surface area is 202 Å². The molecule has 2 aliphatic rings. The number of nitrogens with one attached hydrogen (secondary N) is 1. The number of aliphatic carboxylic acids is 1. The van der Waals surface area contributed by atoms with Crippen LogP contribution >= 0.6 is 0 Å². The van der Waals surface area contributed by atoms with Gasteiger partial charge in [0.05, 0.1) is 0 Å². The number of ether oxygens (including phenoxy) is 1. The lowest BCUT2D eigenvalue weighted by Gasteiger charge is -2.26. The van der Waals surface area contributed by atoms with Crippen molar-refractivity contribution in [2.75, 3.05) is 19.7 Å². The minimum absolute atomic E-state index is 0.0373. The Bertz CT molecular complexity index is 1060. The highest BCUT2D eigenvalue weighted by Gasteiger charge is 2.36. The number of halogens is 2. The number of likely N-dealkylation sites (tertiary alicyclic amines) is 1. The van der Waals surface area contributed by atoms with Gasteiger partial charge in [0.25, 0.3) is 0 Å². The average Bonchev–Trinajstić information content (AvgIpc) is 3.03. The Kier molecular flexibility index (Phi) is 7.33. The molecule has 1 saturated heterocycles. The van der Waals surface area contributed by atoms with E-state index in [1.807, 2.05) is 48.5 Å². The van der Waals surface area contributed by atoms with Crippen LogP contribution in [0.5, 0.6) is 0 Å². The number of carbonyl (C=O) groups excluding carboxylic acids is 2. The number of benzene rings is 2. The van der Waals surface area contributed by atoms with Crippen molar-refractivity contribution in [1.82, 2.24) is 10.2 Å². The van der Waals surface area contributed by atoms with Crippen molar-refractivity contribution in [3.05, 3.63) is 59.7 Å². The van der Waals surface area contributed by atoms with Gasteiger partial charge in [0.1, 0.15) is 12.6 Å². The number of carbonyl (C=O) groups is 3. The maximum atomic E-state index is 13.7. The van der Waals surface area contributed by atoms with Gasteiger partial charge in [-0.25, -0.2) is 13.6 Å². The number of alkyl carbamates (subject to hydrolysis) is 1. The fourth-order valence-corrected chi connectivity index (χ4v) is 4.81. The van der Waals surface area contributed by atoms with E-state index < -0.39 is 36.4 Å². The normalized spacial score (nSPS) is 17.6. The standard InChI is InChI=1S/C26H28F2N2O5/c27-26(28)12-5-14-30(15-13-26)24(33)22(10-11-23(31)32)29-25(34)35-16-21-19-8-3-1-6-17(19)18-7-2-4-9-20(18)21/h1-4,6-9,21-22H,5,10-16H2,(H,29,34)(H,31,32). The highest BCUT2D eigenvalue weighted by atomic mass is 19.3. The van der Waals surface area contributed by atoms with Crippen LogP contribution in [-0.2, 0) is 14.3 Å². The lowest BCUT2D eigenvalue weighted by Crippen LogP contribution is -2.49. The third-order valence-corrected chi connectivity index (χ3v) is 6.61. The lowest BCUT2D eigenvalue weighted by molar-refractivity contribution is -0.138. The Morgan fingerprint density at radius 1 is 1.03 bits per heavy atom. The molecule has 2 aromatic carbocycles. The predicted octanol–water partition coefficient (Wildman–Crippen LogP) is 4.41. The first-order valence-electron chi connectivity index (χ1n) is 11.7. The van der Waals surface area contributed by atoms with Crippen molar-refractivity contribution in [3.63, 3.8) is 0 Å². The van der Waals surface area contributed by atoms with Gasteiger partial charge in [0, 0.05) is 38.3 Å². The van der Waals surface area contributed by atoms with Gasteiger partial charge in [0.15, 0.2) is 0 Å². The van der Waals surface area contributed by atoms with E-state index in [0.717, 1.165) is 22.3 Å². The van der Waals surface area contributed by atoms with Crippen LogP contribution in [0.15, 0.2) is 48.5 Å². The van der Waals surface area contributed by atoms with Gasteiger partial charge in [-0.1, -0.05) is 48.5 Å². The van der Waals surface area contributed by atoms with Crippen LogP contribution < -0.4 is 5.32 Å². The predicted molar refractivity (Wildman–Crippen MR) is 124 cm³/mol. The van der Waals surface area contributed by atoms with Crippen LogP contribution in [0.3, 0.4) is 0 Å². The SMILES string of the molecule is O=C(O)CCC(NC(=O)OCC1c2ccccc2-c2ccccc21)C(=O)N1CCCC(F)(F)CC1. The molecule has 1 fully saturated rings. The van der Waals surface area contributed by atoms with Crippen LogP contribution in [0, 0.1) is 0 Å². The molecule has 186 valence electrons. The number of hydrogen-bond acceptors (Lipinski definition) is 4.